The first-order valence-corrected chi connectivity index (χ1v) is 8.01. The molecular weight excluding hydrogens is 302 g/mol. The fourth-order valence-electron chi connectivity index (χ4n) is 2.82. The standard InChI is InChI=1S/C15H27N5O.ClH/c1-11(2)7-8-20-10-14(18-19-20)15(21)17-13-6-4-3-5-12(13)9-16;/h10-13H,3-9,16H2,1-2H3,(H,17,21);1H. The van der Waals surface area contributed by atoms with Crippen LogP contribution in [0.3, 0.4) is 0 Å². The molecule has 1 fully saturated rings. The van der Waals surface area contributed by atoms with Crippen LogP contribution in [0.25, 0.3) is 0 Å². The first-order valence-electron chi connectivity index (χ1n) is 8.01. The van der Waals surface area contributed by atoms with Gasteiger partial charge in [0.2, 0.25) is 0 Å². The quantitative estimate of drug-likeness (QED) is 0.835. The highest BCUT2D eigenvalue weighted by molar-refractivity contribution is 5.92. The highest BCUT2D eigenvalue weighted by Crippen LogP contribution is 2.23. The Balaban J connectivity index is 0.00000242. The van der Waals surface area contributed by atoms with E-state index >= 15 is 0 Å². The van der Waals surface area contributed by atoms with Gasteiger partial charge in [-0.05, 0) is 37.6 Å². The number of nitrogens with two attached hydrogens (primary N) is 1. The average molecular weight is 330 g/mol. The smallest absolute Gasteiger partial charge is 0.273 e. The van der Waals surface area contributed by atoms with E-state index < -0.39 is 0 Å². The van der Waals surface area contributed by atoms with Crippen molar-refractivity contribution in [2.75, 3.05) is 6.54 Å². The maximum Gasteiger partial charge on any atom is 0.273 e. The second-order valence-electron chi connectivity index (χ2n) is 6.41. The van der Waals surface area contributed by atoms with Crippen LogP contribution in [0.5, 0.6) is 0 Å². The zero-order valence-corrected chi connectivity index (χ0v) is 14.3. The topological polar surface area (TPSA) is 85.8 Å². The van der Waals surface area contributed by atoms with Crippen molar-refractivity contribution < 1.29 is 4.79 Å². The van der Waals surface area contributed by atoms with Gasteiger partial charge in [-0.15, -0.1) is 17.5 Å². The Morgan fingerprint density at radius 2 is 2.18 bits per heavy atom. The SMILES string of the molecule is CC(C)CCn1cc(C(=O)NC2CCCCC2CN)nn1.Cl. The van der Waals surface area contributed by atoms with Gasteiger partial charge in [-0.1, -0.05) is 31.9 Å². The average Bonchev–Trinajstić information content (AvgIpc) is 2.94. The molecule has 0 aliphatic heterocycles. The number of aromatic nitrogens is 3. The predicted octanol–water partition coefficient (Wildman–Crippen LogP) is 1.99. The number of hydrogen-bond acceptors (Lipinski definition) is 4. The third-order valence-corrected chi connectivity index (χ3v) is 4.24. The molecule has 1 aromatic heterocycles. The number of rotatable bonds is 6. The molecule has 3 N–H and O–H groups in total. The van der Waals surface area contributed by atoms with Crippen molar-refractivity contribution in [1.29, 1.82) is 0 Å². The molecule has 0 spiro atoms. The molecule has 0 bridgehead atoms. The summed E-state index contributed by atoms with van der Waals surface area (Å²) in [5.74, 6) is 0.869. The summed E-state index contributed by atoms with van der Waals surface area (Å²) in [6, 6.07) is 0.178. The number of carbonyl (C=O) groups excluding carboxylic acids is 1. The molecule has 126 valence electrons. The molecule has 1 aliphatic rings. The molecule has 1 amide bonds. The zero-order chi connectivity index (χ0) is 15.2. The van der Waals surface area contributed by atoms with Crippen LogP contribution in [0, 0.1) is 11.8 Å². The van der Waals surface area contributed by atoms with Crippen LogP contribution in [-0.4, -0.2) is 33.5 Å². The number of nitrogens with one attached hydrogen (secondary N) is 1. The van der Waals surface area contributed by atoms with E-state index in [1.165, 1.54) is 6.42 Å². The minimum absolute atomic E-state index is 0. The van der Waals surface area contributed by atoms with E-state index in [4.69, 9.17) is 5.73 Å². The first kappa shape index (κ1) is 18.9. The molecule has 1 aromatic rings. The second-order valence-corrected chi connectivity index (χ2v) is 6.41. The van der Waals surface area contributed by atoms with Gasteiger partial charge in [0.15, 0.2) is 5.69 Å². The number of carbonyl (C=O) groups is 1. The van der Waals surface area contributed by atoms with Crippen LogP contribution in [0.4, 0.5) is 0 Å². The third-order valence-electron chi connectivity index (χ3n) is 4.24. The normalized spacial score (nSPS) is 21.5. The maximum absolute atomic E-state index is 12.3. The van der Waals surface area contributed by atoms with Crippen molar-refractivity contribution in [3.63, 3.8) is 0 Å². The van der Waals surface area contributed by atoms with E-state index in [0.717, 1.165) is 32.2 Å². The maximum atomic E-state index is 12.3. The van der Waals surface area contributed by atoms with Gasteiger partial charge in [0.25, 0.3) is 5.91 Å². The minimum Gasteiger partial charge on any atom is -0.348 e. The van der Waals surface area contributed by atoms with Gasteiger partial charge in [-0.2, -0.15) is 0 Å². The van der Waals surface area contributed by atoms with Crippen molar-refractivity contribution in [2.45, 2.75) is 58.5 Å². The number of amides is 1. The summed E-state index contributed by atoms with van der Waals surface area (Å²) in [5, 5.41) is 11.1. The second kappa shape index (κ2) is 9.10. The molecule has 1 heterocycles. The Morgan fingerprint density at radius 3 is 2.86 bits per heavy atom. The van der Waals surface area contributed by atoms with Gasteiger partial charge < -0.3 is 11.1 Å². The Bertz CT molecular complexity index is 463. The summed E-state index contributed by atoms with van der Waals surface area (Å²) in [6.07, 6.45) is 7.24. The summed E-state index contributed by atoms with van der Waals surface area (Å²) in [6.45, 7) is 5.76. The minimum atomic E-state index is -0.129. The molecular formula is C15H28ClN5O. The van der Waals surface area contributed by atoms with E-state index in [0.29, 0.717) is 24.1 Å². The Hall–Kier alpha value is -1.14. The number of aryl methyl sites for hydroxylation is 1. The summed E-state index contributed by atoms with van der Waals surface area (Å²) in [5.41, 5.74) is 6.20. The molecule has 7 heteroatoms. The molecule has 1 aliphatic carbocycles. The first-order chi connectivity index (χ1) is 10.1. The van der Waals surface area contributed by atoms with Crippen molar-refractivity contribution in [2.24, 2.45) is 17.6 Å². The third kappa shape index (κ3) is 5.25. The number of nitrogens with zero attached hydrogens (tertiary/aromatic N) is 3. The predicted molar refractivity (Wildman–Crippen MR) is 89.0 cm³/mol. The van der Waals surface area contributed by atoms with E-state index in [1.54, 1.807) is 10.9 Å². The lowest BCUT2D eigenvalue weighted by atomic mass is 9.84. The van der Waals surface area contributed by atoms with Gasteiger partial charge in [0.1, 0.15) is 0 Å². The summed E-state index contributed by atoms with van der Waals surface area (Å²) in [7, 11) is 0. The molecule has 0 saturated heterocycles. The molecule has 1 saturated carbocycles. The van der Waals surface area contributed by atoms with Crippen molar-refractivity contribution in [1.82, 2.24) is 20.3 Å². The lowest BCUT2D eigenvalue weighted by Crippen LogP contribution is -2.44. The fourth-order valence-corrected chi connectivity index (χ4v) is 2.82. The van der Waals surface area contributed by atoms with Crippen molar-refractivity contribution in [3.05, 3.63) is 11.9 Å². The van der Waals surface area contributed by atoms with Crippen LogP contribution < -0.4 is 11.1 Å². The molecule has 0 radical (unpaired) electrons. The monoisotopic (exact) mass is 329 g/mol. The van der Waals surface area contributed by atoms with Gasteiger partial charge in [-0.3, -0.25) is 9.48 Å². The summed E-state index contributed by atoms with van der Waals surface area (Å²) >= 11 is 0. The molecule has 22 heavy (non-hydrogen) atoms. The largest absolute Gasteiger partial charge is 0.348 e. The van der Waals surface area contributed by atoms with Crippen molar-refractivity contribution in [3.8, 4) is 0 Å². The lowest BCUT2D eigenvalue weighted by Gasteiger charge is -2.30. The fraction of sp³-hybridized carbons (Fsp3) is 0.800. The van der Waals surface area contributed by atoms with Gasteiger partial charge in [0, 0.05) is 12.6 Å². The van der Waals surface area contributed by atoms with Crippen LogP contribution >= 0.6 is 12.4 Å². The van der Waals surface area contributed by atoms with Crippen LogP contribution in [0.15, 0.2) is 6.20 Å². The Labute approximate surface area is 138 Å². The van der Waals surface area contributed by atoms with Gasteiger partial charge in [0.05, 0.1) is 6.20 Å². The number of hydrogen-bond donors (Lipinski definition) is 2. The van der Waals surface area contributed by atoms with E-state index in [-0.39, 0.29) is 24.4 Å². The molecule has 2 unspecified atom stereocenters. The van der Waals surface area contributed by atoms with Gasteiger partial charge >= 0.3 is 0 Å². The van der Waals surface area contributed by atoms with E-state index in [2.05, 4.69) is 29.5 Å². The molecule has 2 rings (SSSR count). The highest BCUT2D eigenvalue weighted by atomic mass is 35.5. The number of halogens is 1. The Kier molecular flexibility index (Phi) is 7.82. The van der Waals surface area contributed by atoms with Gasteiger partial charge in [-0.25, -0.2) is 0 Å². The van der Waals surface area contributed by atoms with E-state index in [1.807, 2.05) is 0 Å². The summed E-state index contributed by atoms with van der Waals surface area (Å²) in [4.78, 5) is 12.3. The lowest BCUT2D eigenvalue weighted by molar-refractivity contribution is 0.0903. The van der Waals surface area contributed by atoms with Crippen LogP contribution in [-0.2, 0) is 6.54 Å². The summed E-state index contributed by atoms with van der Waals surface area (Å²) < 4.78 is 1.75. The van der Waals surface area contributed by atoms with Crippen molar-refractivity contribution >= 4 is 18.3 Å². The molecule has 2 atom stereocenters. The molecule has 6 nitrogen and oxygen atoms in total. The molecule has 0 aromatic carbocycles. The zero-order valence-electron chi connectivity index (χ0n) is 13.5. The van der Waals surface area contributed by atoms with Crippen LogP contribution in [0.1, 0.15) is 56.4 Å². The highest BCUT2D eigenvalue weighted by Gasteiger charge is 2.26. The Morgan fingerprint density at radius 1 is 1.45 bits per heavy atom. The van der Waals surface area contributed by atoms with Crippen LogP contribution in [0.2, 0.25) is 0 Å². The van der Waals surface area contributed by atoms with E-state index in [9.17, 15) is 4.79 Å².